The van der Waals surface area contributed by atoms with E-state index in [2.05, 4.69) is 4.98 Å². The molecule has 0 spiro atoms. The fourth-order valence-corrected chi connectivity index (χ4v) is 2.24. The minimum atomic E-state index is -5.26. The first kappa shape index (κ1) is 21.6. The standard InChI is InChI=1S/C15H10F9N3O/c1-2-27-11(28)6-10(15(22,23)24)26-12(27)25-9-4-3-7(13(16,17)18)5-8(9)14(19,20)21/h3-6H,2H2,1H3,(H,25,26). The normalized spacial score (nSPS) is 12.9. The van der Waals surface area contributed by atoms with Crippen LogP contribution < -0.4 is 10.9 Å². The van der Waals surface area contributed by atoms with Crippen LogP contribution in [-0.4, -0.2) is 9.55 Å². The summed E-state index contributed by atoms with van der Waals surface area (Å²) in [6, 6.07) is 0.689. The van der Waals surface area contributed by atoms with Crippen molar-refractivity contribution >= 4 is 11.6 Å². The van der Waals surface area contributed by atoms with Crippen molar-refractivity contribution in [1.29, 1.82) is 0 Å². The van der Waals surface area contributed by atoms with E-state index in [0.717, 1.165) is 0 Å². The van der Waals surface area contributed by atoms with Crippen molar-refractivity contribution in [2.24, 2.45) is 0 Å². The van der Waals surface area contributed by atoms with Crippen LogP contribution in [0.5, 0.6) is 0 Å². The molecule has 154 valence electrons. The number of hydrogen-bond donors (Lipinski definition) is 1. The predicted molar refractivity (Wildman–Crippen MR) is 78.9 cm³/mol. The van der Waals surface area contributed by atoms with Gasteiger partial charge in [0.2, 0.25) is 5.95 Å². The van der Waals surface area contributed by atoms with Crippen molar-refractivity contribution < 1.29 is 39.5 Å². The Morgan fingerprint density at radius 3 is 2.00 bits per heavy atom. The highest BCUT2D eigenvalue weighted by Gasteiger charge is 2.39. The zero-order valence-corrected chi connectivity index (χ0v) is 13.7. The van der Waals surface area contributed by atoms with Crippen molar-refractivity contribution in [3.8, 4) is 0 Å². The molecule has 0 saturated heterocycles. The molecular weight excluding hydrogens is 409 g/mol. The van der Waals surface area contributed by atoms with Crippen LogP contribution in [0.2, 0.25) is 0 Å². The van der Waals surface area contributed by atoms with Gasteiger partial charge in [-0.2, -0.15) is 39.5 Å². The van der Waals surface area contributed by atoms with Crippen LogP contribution in [0, 0.1) is 0 Å². The summed E-state index contributed by atoms with van der Waals surface area (Å²) in [7, 11) is 0. The summed E-state index contributed by atoms with van der Waals surface area (Å²) in [5, 5.41) is 1.90. The number of nitrogens with zero attached hydrogens (tertiary/aromatic N) is 2. The third-order valence-corrected chi connectivity index (χ3v) is 3.51. The lowest BCUT2D eigenvalue weighted by Gasteiger charge is -2.19. The first-order valence-corrected chi connectivity index (χ1v) is 7.39. The van der Waals surface area contributed by atoms with Gasteiger partial charge in [-0.25, -0.2) is 4.98 Å². The Balaban J connectivity index is 2.65. The van der Waals surface area contributed by atoms with Gasteiger partial charge in [0, 0.05) is 12.6 Å². The van der Waals surface area contributed by atoms with Gasteiger partial charge in [-0.05, 0) is 25.1 Å². The van der Waals surface area contributed by atoms with E-state index in [-0.39, 0.29) is 18.7 Å². The van der Waals surface area contributed by atoms with Gasteiger partial charge in [0.05, 0.1) is 16.8 Å². The topological polar surface area (TPSA) is 46.9 Å². The van der Waals surface area contributed by atoms with E-state index in [1.165, 1.54) is 6.92 Å². The monoisotopic (exact) mass is 419 g/mol. The summed E-state index contributed by atoms with van der Waals surface area (Å²) >= 11 is 0. The molecule has 0 aliphatic rings. The maximum absolute atomic E-state index is 13.2. The highest BCUT2D eigenvalue weighted by Crippen LogP contribution is 2.40. The zero-order valence-electron chi connectivity index (χ0n) is 13.7. The lowest BCUT2D eigenvalue weighted by molar-refractivity contribution is -0.143. The molecule has 0 radical (unpaired) electrons. The van der Waals surface area contributed by atoms with Crippen molar-refractivity contribution in [3.05, 3.63) is 51.4 Å². The van der Waals surface area contributed by atoms with Crippen LogP contribution in [0.25, 0.3) is 0 Å². The second-order valence-corrected chi connectivity index (χ2v) is 5.43. The minimum Gasteiger partial charge on any atom is -0.325 e. The van der Waals surface area contributed by atoms with Gasteiger partial charge >= 0.3 is 18.5 Å². The van der Waals surface area contributed by atoms with E-state index in [9.17, 15) is 44.3 Å². The Morgan fingerprint density at radius 2 is 1.54 bits per heavy atom. The van der Waals surface area contributed by atoms with Gasteiger partial charge in [-0.1, -0.05) is 0 Å². The third kappa shape index (κ3) is 4.57. The number of halogens is 9. The predicted octanol–water partition coefficient (Wildman–Crippen LogP) is 5.06. The molecule has 1 aromatic carbocycles. The van der Waals surface area contributed by atoms with Crippen LogP contribution in [0.15, 0.2) is 29.1 Å². The largest absolute Gasteiger partial charge is 0.433 e. The number of alkyl halides is 9. The number of anilines is 2. The quantitative estimate of drug-likeness (QED) is 0.708. The number of hydrogen-bond acceptors (Lipinski definition) is 3. The third-order valence-electron chi connectivity index (χ3n) is 3.51. The number of nitrogens with one attached hydrogen (secondary N) is 1. The lowest BCUT2D eigenvalue weighted by Crippen LogP contribution is -2.26. The Labute approximate surface area is 150 Å². The molecule has 0 bridgehead atoms. The van der Waals surface area contributed by atoms with Crippen molar-refractivity contribution in [3.63, 3.8) is 0 Å². The second-order valence-electron chi connectivity index (χ2n) is 5.43. The average Bonchev–Trinajstić information content (AvgIpc) is 2.52. The molecule has 2 aromatic rings. The van der Waals surface area contributed by atoms with Crippen molar-refractivity contribution in [1.82, 2.24) is 9.55 Å². The van der Waals surface area contributed by atoms with E-state index < -0.39 is 52.5 Å². The van der Waals surface area contributed by atoms with Crippen LogP contribution in [0.3, 0.4) is 0 Å². The van der Waals surface area contributed by atoms with Gasteiger partial charge in [-0.15, -0.1) is 0 Å². The molecule has 4 nitrogen and oxygen atoms in total. The van der Waals surface area contributed by atoms with Crippen LogP contribution in [0.1, 0.15) is 23.7 Å². The van der Waals surface area contributed by atoms with Crippen LogP contribution in [0.4, 0.5) is 51.1 Å². The molecule has 0 atom stereocenters. The molecule has 28 heavy (non-hydrogen) atoms. The molecule has 0 fully saturated rings. The van der Waals surface area contributed by atoms with E-state index in [4.69, 9.17) is 0 Å². The van der Waals surface area contributed by atoms with Crippen LogP contribution in [-0.2, 0) is 25.1 Å². The SMILES string of the molecule is CCn1c(Nc2ccc(C(F)(F)F)cc2C(F)(F)F)nc(C(F)(F)F)cc1=O. The van der Waals surface area contributed by atoms with Crippen LogP contribution >= 0.6 is 0 Å². The summed E-state index contributed by atoms with van der Waals surface area (Å²) < 4.78 is 117. The van der Waals surface area contributed by atoms with E-state index >= 15 is 0 Å². The Bertz CT molecular complexity index is 926. The summed E-state index contributed by atoms with van der Waals surface area (Å²) in [5.74, 6) is -0.896. The van der Waals surface area contributed by atoms with Gasteiger partial charge in [-0.3, -0.25) is 9.36 Å². The Kier molecular flexibility index (Phi) is 5.41. The fourth-order valence-electron chi connectivity index (χ4n) is 2.24. The van der Waals surface area contributed by atoms with Gasteiger partial charge in [0.25, 0.3) is 5.56 Å². The molecule has 0 saturated carbocycles. The fraction of sp³-hybridized carbons (Fsp3) is 0.333. The molecule has 1 heterocycles. The molecule has 1 N–H and O–H groups in total. The molecule has 0 aliphatic carbocycles. The maximum atomic E-state index is 13.2. The molecule has 2 rings (SSSR count). The lowest BCUT2D eigenvalue weighted by atomic mass is 10.1. The van der Waals surface area contributed by atoms with E-state index in [1.807, 2.05) is 5.32 Å². The minimum absolute atomic E-state index is 0.159. The van der Waals surface area contributed by atoms with Gasteiger partial charge in [0.15, 0.2) is 5.69 Å². The smallest absolute Gasteiger partial charge is 0.325 e. The number of aromatic nitrogens is 2. The molecule has 0 aliphatic heterocycles. The molecule has 1 aromatic heterocycles. The molecule has 13 heteroatoms. The molecule has 0 unspecified atom stereocenters. The second kappa shape index (κ2) is 7.02. The van der Waals surface area contributed by atoms with E-state index in [1.54, 1.807) is 0 Å². The first-order valence-electron chi connectivity index (χ1n) is 7.39. The van der Waals surface area contributed by atoms with Gasteiger partial charge in [0.1, 0.15) is 0 Å². The number of rotatable bonds is 3. The molecular formula is C15H10F9N3O. The van der Waals surface area contributed by atoms with Crippen molar-refractivity contribution in [2.75, 3.05) is 5.32 Å². The highest BCUT2D eigenvalue weighted by atomic mass is 19.4. The summed E-state index contributed by atoms with van der Waals surface area (Å²) in [6.45, 7) is 1.06. The number of benzene rings is 1. The maximum Gasteiger partial charge on any atom is 0.433 e. The summed E-state index contributed by atoms with van der Waals surface area (Å²) in [5.41, 5.74) is -7.24. The zero-order chi connectivity index (χ0) is 21.5. The Hall–Kier alpha value is -2.73. The molecule has 0 amide bonds. The van der Waals surface area contributed by atoms with Gasteiger partial charge < -0.3 is 5.32 Å². The Morgan fingerprint density at radius 1 is 0.929 bits per heavy atom. The summed E-state index contributed by atoms with van der Waals surface area (Å²) in [6.07, 6.45) is -15.4. The summed E-state index contributed by atoms with van der Waals surface area (Å²) in [4.78, 5) is 14.9. The van der Waals surface area contributed by atoms with Crippen molar-refractivity contribution in [2.45, 2.75) is 32.0 Å². The first-order chi connectivity index (χ1) is 12.6. The van der Waals surface area contributed by atoms with E-state index in [0.29, 0.717) is 16.7 Å². The average molecular weight is 419 g/mol. The highest BCUT2D eigenvalue weighted by molar-refractivity contribution is 5.61.